The topological polar surface area (TPSA) is 86.6 Å². The van der Waals surface area contributed by atoms with E-state index >= 15 is 0 Å². The Morgan fingerprint density at radius 1 is 1.17 bits per heavy atom. The second-order valence-corrected chi connectivity index (χ2v) is 3.97. The number of unbranched alkanes of at least 4 members (excludes halogenated alkanes) is 1. The second kappa shape index (κ2) is 7.45. The molecule has 5 heteroatoms. The van der Waals surface area contributed by atoms with E-state index in [1.54, 1.807) is 24.3 Å². The van der Waals surface area contributed by atoms with E-state index in [2.05, 4.69) is 5.32 Å². The lowest BCUT2D eigenvalue weighted by molar-refractivity contribution is -0.146. The normalized spacial score (nSPS) is 11.8. The first-order valence-electron chi connectivity index (χ1n) is 5.85. The average Bonchev–Trinajstić information content (AvgIpc) is 2.38. The Kier molecular flexibility index (Phi) is 5.87. The maximum absolute atomic E-state index is 11.6. The number of aliphatic hydroxyl groups is 1. The first-order valence-corrected chi connectivity index (χ1v) is 5.85. The van der Waals surface area contributed by atoms with E-state index < -0.39 is 12.1 Å². The molecule has 1 amide bonds. The van der Waals surface area contributed by atoms with Crippen molar-refractivity contribution in [2.24, 2.45) is 0 Å². The molecule has 0 saturated heterocycles. The van der Waals surface area contributed by atoms with E-state index in [1.165, 1.54) is 0 Å². The molecule has 3 N–H and O–H groups in total. The van der Waals surface area contributed by atoms with Crippen molar-refractivity contribution in [1.82, 2.24) is 5.32 Å². The number of amides is 1. The minimum atomic E-state index is -1.31. The van der Waals surface area contributed by atoms with E-state index in [4.69, 9.17) is 10.2 Å². The molecule has 0 aromatic heterocycles. The highest BCUT2D eigenvalue weighted by Crippen LogP contribution is 2.01. The van der Waals surface area contributed by atoms with Crippen LogP contribution in [-0.2, 0) is 4.79 Å². The van der Waals surface area contributed by atoms with Crippen LogP contribution in [0, 0.1) is 0 Å². The highest BCUT2D eigenvalue weighted by molar-refractivity contribution is 5.94. The Labute approximate surface area is 105 Å². The molecule has 98 valence electrons. The third-order valence-corrected chi connectivity index (χ3v) is 2.51. The molecule has 0 aliphatic carbocycles. The molecule has 0 saturated carbocycles. The number of carboxylic acids is 1. The average molecular weight is 251 g/mol. The summed E-state index contributed by atoms with van der Waals surface area (Å²) in [5.41, 5.74) is 0.600. The summed E-state index contributed by atoms with van der Waals surface area (Å²) in [5, 5.41) is 20.2. The van der Waals surface area contributed by atoms with Gasteiger partial charge >= 0.3 is 5.97 Å². The van der Waals surface area contributed by atoms with Gasteiger partial charge in [0.05, 0.1) is 0 Å². The Morgan fingerprint density at radius 2 is 1.83 bits per heavy atom. The number of carboxylic acid groups (broad SMARTS) is 1. The van der Waals surface area contributed by atoms with Gasteiger partial charge in [-0.05, 0) is 31.4 Å². The monoisotopic (exact) mass is 251 g/mol. The number of hydrogen-bond donors (Lipinski definition) is 3. The molecule has 0 heterocycles. The van der Waals surface area contributed by atoms with Gasteiger partial charge in [0, 0.05) is 12.1 Å². The van der Waals surface area contributed by atoms with Crippen molar-refractivity contribution in [3.8, 4) is 0 Å². The predicted octanol–water partition coefficient (Wildman–Crippen LogP) is 1.03. The van der Waals surface area contributed by atoms with Crippen LogP contribution in [0.1, 0.15) is 29.6 Å². The van der Waals surface area contributed by atoms with E-state index in [1.807, 2.05) is 6.07 Å². The molecule has 0 radical (unpaired) electrons. The fourth-order valence-electron chi connectivity index (χ4n) is 1.48. The highest BCUT2D eigenvalue weighted by atomic mass is 16.4. The molecule has 1 rings (SSSR count). The molecular formula is C13H17NO4. The number of nitrogens with one attached hydrogen (secondary N) is 1. The molecule has 0 aliphatic heterocycles. The van der Waals surface area contributed by atoms with Crippen LogP contribution in [0.2, 0.25) is 0 Å². The first kappa shape index (κ1) is 14.2. The van der Waals surface area contributed by atoms with E-state index in [9.17, 15) is 9.59 Å². The van der Waals surface area contributed by atoms with Crippen LogP contribution in [0.5, 0.6) is 0 Å². The lowest BCUT2D eigenvalue weighted by atomic mass is 10.1. The standard InChI is InChI=1S/C13H17NO4/c15-11(13(17)18)8-4-5-9-14-12(16)10-6-2-1-3-7-10/h1-3,6-7,11,15H,4-5,8-9H2,(H,14,16)(H,17,18). The maximum Gasteiger partial charge on any atom is 0.332 e. The summed E-state index contributed by atoms with van der Waals surface area (Å²) in [6, 6.07) is 8.87. The molecule has 1 atom stereocenters. The van der Waals surface area contributed by atoms with Gasteiger partial charge in [-0.25, -0.2) is 4.79 Å². The summed E-state index contributed by atoms with van der Waals surface area (Å²) in [6.45, 7) is 0.472. The van der Waals surface area contributed by atoms with Crippen LogP contribution in [0.4, 0.5) is 0 Å². The zero-order valence-electron chi connectivity index (χ0n) is 10.0. The second-order valence-electron chi connectivity index (χ2n) is 3.97. The van der Waals surface area contributed by atoms with Crippen molar-refractivity contribution in [1.29, 1.82) is 0 Å². The summed E-state index contributed by atoms with van der Waals surface area (Å²) in [4.78, 5) is 21.9. The van der Waals surface area contributed by atoms with Crippen molar-refractivity contribution >= 4 is 11.9 Å². The van der Waals surface area contributed by atoms with E-state index in [0.29, 0.717) is 24.9 Å². The fourth-order valence-corrected chi connectivity index (χ4v) is 1.48. The summed E-state index contributed by atoms with van der Waals surface area (Å²) in [6.07, 6.45) is 0.0944. The number of carbonyl (C=O) groups excluding carboxylic acids is 1. The molecule has 1 aromatic rings. The SMILES string of the molecule is O=C(NCCCCC(O)C(=O)O)c1ccccc1. The van der Waals surface area contributed by atoms with Gasteiger partial charge in [-0.15, -0.1) is 0 Å². The number of benzene rings is 1. The zero-order valence-corrected chi connectivity index (χ0v) is 10.0. The van der Waals surface area contributed by atoms with Gasteiger partial charge in [0.25, 0.3) is 5.91 Å². The molecule has 5 nitrogen and oxygen atoms in total. The molecule has 0 fully saturated rings. The van der Waals surface area contributed by atoms with Gasteiger partial charge in [0.2, 0.25) is 0 Å². The van der Waals surface area contributed by atoms with E-state index in [-0.39, 0.29) is 12.3 Å². The fraction of sp³-hybridized carbons (Fsp3) is 0.385. The lowest BCUT2D eigenvalue weighted by Gasteiger charge is -2.06. The largest absolute Gasteiger partial charge is 0.479 e. The molecule has 1 aromatic carbocycles. The Morgan fingerprint density at radius 3 is 2.44 bits per heavy atom. The third kappa shape index (κ3) is 4.97. The van der Waals surface area contributed by atoms with Crippen molar-refractivity contribution < 1.29 is 19.8 Å². The summed E-state index contributed by atoms with van der Waals surface area (Å²) in [5.74, 6) is -1.35. The minimum Gasteiger partial charge on any atom is -0.479 e. The van der Waals surface area contributed by atoms with Crippen LogP contribution in [0.15, 0.2) is 30.3 Å². The first-order chi connectivity index (χ1) is 8.61. The van der Waals surface area contributed by atoms with Crippen LogP contribution >= 0.6 is 0 Å². The maximum atomic E-state index is 11.6. The Bertz CT molecular complexity index is 391. The molecule has 0 bridgehead atoms. The van der Waals surface area contributed by atoms with Crippen LogP contribution in [0.3, 0.4) is 0 Å². The van der Waals surface area contributed by atoms with Crippen molar-refractivity contribution in [3.63, 3.8) is 0 Å². The Hall–Kier alpha value is -1.88. The summed E-state index contributed by atoms with van der Waals surface area (Å²) in [7, 11) is 0. The summed E-state index contributed by atoms with van der Waals surface area (Å²) >= 11 is 0. The molecule has 0 spiro atoms. The zero-order chi connectivity index (χ0) is 13.4. The van der Waals surface area contributed by atoms with Gasteiger partial charge in [-0.1, -0.05) is 18.2 Å². The van der Waals surface area contributed by atoms with Crippen molar-refractivity contribution in [3.05, 3.63) is 35.9 Å². The van der Waals surface area contributed by atoms with Crippen molar-refractivity contribution in [2.75, 3.05) is 6.54 Å². The van der Waals surface area contributed by atoms with Gasteiger partial charge in [0.1, 0.15) is 0 Å². The van der Waals surface area contributed by atoms with Crippen molar-refractivity contribution in [2.45, 2.75) is 25.4 Å². The van der Waals surface area contributed by atoms with Crippen LogP contribution < -0.4 is 5.32 Å². The minimum absolute atomic E-state index is 0.144. The number of carbonyl (C=O) groups is 2. The Balaban J connectivity index is 2.15. The molecule has 0 aliphatic rings. The molecule has 18 heavy (non-hydrogen) atoms. The van der Waals surface area contributed by atoms with Gasteiger partial charge in [-0.3, -0.25) is 4.79 Å². The van der Waals surface area contributed by atoms with Gasteiger partial charge < -0.3 is 15.5 Å². The lowest BCUT2D eigenvalue weighted by Crippen LogP contribution is -2.25. The summed E-state index contributed by atoms with van der Waals surface area (Å²) < 4.78 is 0. The third-order valence-electron chi connectivity index (χ3n) is 2.51. The number of rotatable bonds is 7. The molecular weight excluding hydrogens is 234 g/mol. The quantitative estimate of drug-likeness (QED) is 0.632. The molecule has 1 unspecified atom stereocenters. The van der Waals surface area contributed by atoms with Gasteiger partial charge in [0.15, 0.2) is 6.10 Å². The number of aliphatic hydroxyl groups excluding tert-OH is 1. The van der Waals surface area contributed by atoms with Crippen LogP contribution in [-0.4, -0.2) is 34.7 Å². The highest BCUT2D eigenvalue weighted by Gasteiger charge is 2.11. The predicted molar refractivity (Wildman–Crippen MR) is 66.3 cm³/mol. The number of hydrogen-bond acceptors (Lipinski definition) is 3. The number of aliphatic carboxylic acids is 1. The van der Waals surface area contributed by atoms with Crippen LogP contribution in [0.25, 0.3) is 0 Å². The van der Waals surface area contributed by atoms with E-state index in [0.717, 1.165) is 0 Å². The van der Waals surface area contributed by atoms with Gasteiger partial charge in [-0.2, -0.15) is 0 Å². The smallest absolute Gasteiger partial charge is 0.332 e.